The van der Waals surface area contributed by atoms with E-state index in [4.69, 9.17) is 4.74 Å². The summed E-state index contributed by atoms with van der Waals surface area (Å²) in [5.41, 5.74) is 0.745. The number of alkyl halides is 3. The van der Waals surface area contributed by atoms with Crippen LogP contribution in [-0.2, 0) is 10.9 Å². The van der Waals surface area contributed by atoms with Crippen molar-refractivity contribution in [1.29, 1.82) is 0 Å². The SMILES string of the molecule is CCOC(C)n1c(C(F)(F)F)nc(-c2ccc(F)cc2)c1-c1ccc(F)cc1. The Kier molecular flexibility index (Phi) is 5.51. The Morgan fingerprint density at radius 2 is 1.43 bits per heavy atom. The van der Waals surface area contributed by atoms with Crippen molar-refractivity contribution < 1.29 is 26.7 Å². The zero-order valence-corrected chi connectivity index (χ0v) is 15.1. The fourth-order valence-corrected chi connectivity index (χ4v) is 3.00. The minimum absolute atomic E-state index is 0.00508. The van der Waals surface area contributed by atoms with Gasteiger partial charge in [-0.1, -0.05) is 0 Å². The molecule has 0 fully saturated rings. The van der Waals surface area contributed by atoms with Gasteiger partial charge in [0.1, 0.15) is 17.9 Å². The summed E-state index contributed by atoms with van der Waals surface area (Å²) < 4.78 is 74.3. The van der Waals surface area contributed by atoms with Gasteiger partial charge in [-0.05, 0) is 62.4 Å². The lowest BCUT2D eigenvalue weighted by Gasteiger charge is -2.21. The second-order valence-electron chi connectivity index (χ2n) is 6.07. The molecule has 0 spiro atoms. The number of hydrogen-bond donors (Lipinski definition) is 0. The highest BCUT2D eigenvalue weighted by molar-refractivity contribution is 5.79. The monoisotopic (exact) mass is 396 g/mol. The molecule has 0 bridgehead atoms. The number of halogens is 5. The summed E-state index contributed by atoms with van der Waals surface area (Å²) in [5, 5.41) is 0. The van der Waals surface area contributed by atoms with Crippen LogP contribution in [-0.4, -0.2) is 16.2 Å². The van der Waals surface area contributed by atoms with Gasteiger partial charge in [0.15, 0.2) is 0 Å². The normalized spacial score (nSPS) is 13.0. The number of nitrogens with zero attached hydrogens (tertiary/aromatic N) is 2. The second-order valence-corrected chi connectivity index (χ2v) is 6.07. The Morgan fingerprint density at radius 1 is 0.929 bits per heavy atom. The van der Waals surface area contributed by atoms with Crippen molar-refractivity contribution in [1.82, 2.24) is 9.55 Å². The van der Waals surface area contributed by atoms with Gasteiger partial charge in [0.25, 0.3) is 0 Å². The Labute approximate surface area is 158 Å². The van der Waals surface area contributed by atoms with Crippen LogP contribution in [0, 0.1) is 11.6 Å². The molecule has 3 nitrogen and oxygen atoms in total. The van der Waals surface area contributed by atoms with Crippen molar-refractivity contribution in [2.45, 2.75) is 26.3 Å². The first-order valence-electron chi connectivity index (χ1n) is 8.55. The molecule has 148 valence electrons. The van der Waals surface area contributed by atoms with Gasteiger partial charge in [0.2, 0.25) is 5.82 Å². The van der Waals surface area contributed by atoms with Crippen LogP contribution >= 0.6 is 0 Å². The molecular weight excluding hydrogens is 379 g/mol. The molecule has 8 heteroatoms. The predicted molar refractivity (Wildman–Crippen MR) is 94.4 cm³/mol. The third kappa shape index (κ3) is 3.91. The van der Waals surface area contributed by atoms with Gasteiger partial charge in [-0.25, -0.2) is 13.8 Å². The summed E-state index contributed by atoms with van der Waals surface area (Å²) in [7, 11) is 0. The van der Waals surface area contributed by atoms with E-state index in [1.54, 1.807) is 6.92 Å². The van der Waals surface area contributed by atoms with E-state index in [1.807, 2.05) is 0 Å². The lowest BCUT2D eigenvalue weighted by molar-refractivity contribution is -0.151. The largest absolute Gasteiger partial charge is 0.449 e. The predicted octanol–water partition coefficient (Wildman–Crippen LogP) is 6.07. The fraction of sp³-hybridized carbons (Fsp3) is 0.250. The maximum Gasteiger partial charge on any atom is 0.449 e. The van der Waals surface area contributed by atoms with E-state index in [1.165, 1.54) is 31.2 Å². The zero-order chi connectivity index (χ0) is 20.5. The lowest BCUT2D eigenvalue weighted by atomic mass is 10.0. The summed E-state index contributed by atoms with van der Waals surface area (Å²) in [5.74, 6) is -2.19. The van der Waals surface area contributed by atoms with Gasteiger partial charge in [-0.15, -0.1) is 0 Å². The Bertz CT molecular complexity index is 946. The summed E-state index contributed by atoms with van der Waals surface area (Å²) in [6.07, 6.45) is -5.73. The zero-order valence-electron chi connectivity index (χ0n) is 15.1. The molecule has 1 unspecified atom stereocenters. The van der Waals surface area contributed by atoms with Gasteiger partial charge in [0, 0.05) is 17.7 Å². The van der Waals surface area contributed by atoms with Crippen LogP contribution in [0.2, 0.25) is 0 Å². The van der Waals surface area contributed by atoms with Gasteiger partial charge >= 0.3 is 6.18 Å². The van der Waals surface area contributed by atoms with E-state index >= 15 is 0 Å². The van der Waals surface area contributed by atoms with E-state index in [2.05, 4.69) is 4.98 Å². The summed E-state index contributed by atoms with van der Waals surface area (Å²) in [4.78, 5) is 3.83. The topological polar surface area (TPSA) is 27.1 Å². The van der Waals surface area contributed by atoms with Gasteiger partial charge in [-0.3, -0.25) is 4.57 Å². The first-order chi connectivity index (χ1) is 13.2. The molecule has 0 saturated heterocycles. The lowest BCUT2D eigenvalue weighted by Crippen LogP contribution is -2.20. The van der Waals surface area contributed by atoms with Crippen molar-refractivity contribution in [2.75, 3.05) is 6.61 Å². The third-order valence-electron chi connectivity index (χ3n) is 4.17. The molecule has 2 aromatic carbocycles. The number of hydrogen-bond acceptors (Lipinski definition) is 2. The van der Waals surface area contributed by atoms with Crippen molar-refractivity contribution in [3.8, 4) is 22.5 Å². The average molecular weight is 396 g/mol. The maximum absolute atomic E-state index is 13.7. The molecule has 0 aliphatic heterocycles. The standard InChI is InChI=1S/C20H17F5N2O/c1-3-28-12(2)27-18(14-6-10-16(22)11-7-14)17(26-19(27)20(23,24)25)13-4-8-15(21)9-5-13/h4-12H,3H2,1-2H3. The van der Waals surface area contributed by atoms with E-state index in [0.29, 0.717) is 11.1 Å². The highest BCUT2D eigenvalue weighted by atomic mass is 19.4. The summed E-state index contributed by atoms with van der Waals surface area (Å²) >= 11 is 0. The highest BCUT2D eigenvalue weighted by Crippen LogP contribution is 2.40. The highest BCUT2D eigenvalue weighted by Gasteiger charge is 2.40. The first kappa shape index (κ1) is 20.0. The van der Waals surface area contributed by atoms with Crippen LogP contribution < -0.4 is 0 Å². The molecule has 0 amide bonds. The smallest absolute Gasteiger partial charge is 0.359 e. The summed E-state index contributed by atoms with van der Waals surface area (Å²) in [6.45, 7) is 3.33. The van der Waals surface area contributed by atoms with Crippen molar-refractivity contribution in [3.05, 3.63) is 66.0 Å². The van der Waals surface area contributed by atoms with Gasteiger partial charge < -0.3 is 4.74 Å². The van der Waals surface area contributed by atoms with Gasteiger partial charge in [0.05, 0.1) is 11.4 Å². The molecule has 1 atom stereocenters. The van der Waals surface area contributed by atoms with Crippen LogP contribution in [0.15, 0.2) is 48.5 Å². The Morgan fingerprint density at radius 3 is 1.89 bits per heavy atom. The number of benzene rings is 2. The van der Waals surface area contributed by atoms with E-state index < -0.39 is 29.9 Å². The Hall–Kier alpha value is -2.74. The Balaban J connectivity index is 2.34. The third-order valence-corrected chi connectivity index (χ3v) is 4.17. The molecule has 0 aliphatic carbocycles. The minimum Gasteiger partial charge on any atom is -0.359 e. The fourth-order valence-electron chi connectivity index (χ4n) is 3.00. The molecule has 1 aromatic heterocycles. The van der Waals surface area contributed by atoms with Crippen LogP contribution in [0.3, 0.4) is 0 Å². The molecular formula is C20H17F5N2O. The van der Waals surface area contributed by atoms with Crippen LogP contribution in [0.4, 0.5) is 22.0 Å². The molecule has 1 heterocycles. The number of aromatic nitrogens is 2. The van der Waals surface area contributed by atoms with E-state index in [0.717, 1.165) is 28.8 Å². The quantitative estimate of drug-likeness (QED) is 0.490. The summed E-state index contributed by atoms with van der Waals surface area (Å²) in [6, 6.07) is 10.0. The van der Waals surface area contributed by atoms with Crippen molar-refractivity contribution in [3.63, 3.8) is 0 Å². The van der Waals surface area contributed by atoms with Crippen LogP contribution in [0.25, 0.3) is 22.5 Å². The number of rotatable bonds is 5. The molecule has 0 aliphatic rings. The second kappa shape index (κ2) is 7.71. The number of imidazole rings is 1. The molecule has 28 heavy (non-hydrogen) atoms. The average Bonchev–Trinajstić information content (AvgIpc) is 3.04. The number of ether oxygens (including phenoxy) is 1. The maximum atomic E-state index is 13.7. The van der Waals surface area contributed by atoms with Gasteiger partial charge in [-0.2, -0.15) is 13.2 Å². The van der Waals surface area contributed by atoms with E-state index in [9.17, 15) is 22.0 Å². The molecule has 0 saturated carbocycles. The van der Waals surface area contributed by atoms with Crippen molar-refractivity contribution >= 4 is 0 Å². The van der Waals surface area contributed by atoms with Crippen molar-refractivity contribution in [2.24, 2.45) is 0 Å². The first-order valence-corrected chi connectivity index (χ1v) is 8.55. The molecule has 0 N–H and O–H groups in total. The van der Waals surface area contributed by atoms with E-state index in [-0.39, 0.29) is 18.0 Å². The van der Waals surface area contributed by atoms with Crippen LogP contribution in [0.1, 0.15) is 25.9 Å². The molecule has 0 radical (unpaired) electrons. The minimum atomic E-state index is -4.75. The van der Waals surface area contributed by atoms with Crippen LogP contribution in [0.5, 0.6) is 0 Å². The molecule has 3 rings (SSSR count). The molecule has 3 aromatic rings.